The van der Waals surface area contributed by atoms with Crippen LogP contribution in [0.1, 0.15) is 57.3 Å². The van der Waals surface area contributed by atoms with E-state index >= 15 is 0 Å². The molecule has 1 aliphatic carbocycles. The highest BCUT2D eigenvalue weighted by Gasteiger charge is 2.32. The molecule has 0 unspecified atom stereocenters. The highest BCUT2D eigenvalue weighted by Crippen LogP contribution is 2.33. The van der Waals surface area contributed by atoms with E-state index in [0.29, 0.717) is 22.9 Å². The Bertz CT molecular complexity index is 1210. The third-order valence-electron chi connectivity index (χ3n) is 8.23. The molecule has 0 bridgehead atoms. The Balaban J connectivity index is 1.33. The Hall–Kier alpha value is -2.60. The minimum atomic E-state index is 0.0816. The molecule has 1 aliphatic heterocycles. The average molecular weight is 494 g/mol. The summed E-state index contributed by atoms with van der Waals surface area (Å²) in [6.45, 7) is 10.3. The summed E-state index contributed by atoms with van der Waals surface area (Å²) < 4.78 is 1.97. The molecule has 0 spiro atoms. The molecule has 3 aromatic rings. The molecular formula is C28H36ClN5O. The molecule has 0 radical (unpaired) electrons. The number of fused-ring (bicyclic) bond motifs is 1. The standard InChI is InChI=1S/C28H36ClN5O/c1-17-6-5-7-24(19(17)3)31-28(35)22-12-14-33(15-13-22)25-16-18(2)30-27-26(20(4)32-34(25)27)21-8-10-23(29)11-9-21/h8-11,16-17,19,22,24H,5-7,12-15H2,1-4H3,(H,31,35)/t17-,19-,24-/m1/s1. The Labute approximate surface area is 213 Å². The maximum absolute atomic E-state index is 13.1. The van der Waals surface area contributed by atoms with Gasteiger partial charge in [0.25, 0.3) is 0 Å². The van der Waals surface area contributed by atoms with Gasteiger partial charge in [-0.15, -0.1) is 0 Å². The van der Waals surface area contributed by atoms with Gasteiger partial charge in [-0.1, -0.05) is 50.4 Å². The number of halogens is 1. The Kier molecular flexibility index (Phi) is 6.75. The van der Waals surface area contributed by atoms with Crippen molar-refractivity contribution in [2.24, 2.45) is 17.8 Å². The van der Waals surface area contributed by atoms with Crippen LogP contribution in [0.15, 0.2) is 30.3 Å². The number of carbonyl (C=O) groups excluding carboxylic acids is 1. The van der Waals surface area contributed by atoms with Gasteiger partial charge in [0.2, 0.25) is 5.91 Å². The van der Waals surface area contributed by atoms with Crippen molar-refractivity contribution < 1.29 is 4.79 Å². The van der Waals surface area contributed by atoms with E-state index in [4.69, 9.17) is 21.7 Å². The topological polar surface area (TPSA) is 62.5 Å². The highest BCUT2D eigenvalue weighted by molar-refractivity contribution is 6.30. The largest absolute Gasteiger partial charge is 0.356 e. The van der Waals surface area contributed by atoms with Crippen molar-refractivity contribution in [3.05, 3.63) is 46.7 Å². The summed E-state index contributed by atoms with van der Waals surface area (Å²) >= 11 is 6.11. The molecule has 35 heavy (non-hydrogen) atoms. The van der Waals surface area contributed by atoms with E-state index in [9.17, 15) is 4.79 Å². The van der Waals surface area contributed by atoms with Gasteiger partial charge in [-0.25, -0.2) is 4.98 Å². The van der Waals surface area contributed by atoms with Gasteiger partial charge in [0.05, 0.1) is 5.69 Å². The molecule has 3 atom stereocenters. The third kappa shape index (κ3) is 4.77. The van der Waals surface area contributed by atoms with Crippen molar-refractivity contribution in [2.75, 3.05) is 18.0 Å². The van der Waals surface area contributed by atoms with Crippen LogP contribution in [0.5, 0.6) is 0 Å². The first-order chi connectivity index (χ1) is 16.8. The summed E-state index contributed by atoms with van der Waals surface area (Å²) in [7, 11) is 0. The molecule has 2 aliphatic rings. The number of rotatable bonds is 4. The molecular weight excluding hydrogens is 458 g/mol. The van der Waals surface area contributed by atoms with Gasteiger partial charge in [0.15, 0.2) is 5.65 Å². The summed E-state index contributed by atoms with van der Waals surface area (Å²) in [5.74, 6) is 2.61. The van der Waals surface area contributed by atoms with E-state index in [-0.39, 0.29) is 11.8 Å². The molecule has 5 rings (SSSR count). The lowest BCUT2D eigenvalue weighted by atomic mass is 9.78. The Morgan fingerprint density at radius 1 is 1.06 bits per heavy atom. The molecule has 1 amide bonds. The predicted molar refractivity (Wildman–Crippen MR) is 142 cm³/mol. The summed E-state index contributed by atoms with van der Waals surface area (Å²) in [4.78, 5) is 20.3. The number of carbonyl (C=O) groups is 1. The maximum atomic E-state index is 13.1. The predicted octanol–water partition coefficient (Wildman–Crippen LogP) is 5.82. The minimum absolute atomic E-state index is 0.0816. The van der Waals surface area contributed by atoms with Crippen LogP contribution in [-0.4, -0.2) is 39.6 Å². The van der Waals surface area contributed by atoms with Gasteiger partial charge < -0.3 is 10.2 Å². The van der Waals surface area contributed by atoms with Crippen molar-refractivity contribution in [2.45, 2.75) is 65.8 Å². The molecule has 186 valence electrons. The van der Waals surface area contributed by atoms with Crippen LogP contribution in [-0.2, 0) is 4.79 Å². The summed E-state index contributed by atoms with van der Waals surface area (Å²) in [5, 5.41) is 8.99. The second-order valence-corrected chi connectivity index (χ2v) is 11.0. The number of piperidine rings is 1. The molecule has 7 heteroatoms. The van der Waals surface area contributed by atoms with Crippen LogP contribution in [0, 0.1) is 31.6 Å². The van der Waals surface area contributed by atoms with Crippen LogP contribution in [0.4, 0.5) is 5.82 Å². The van der Waals surface area contributed by atoms with E-state index in [1.54, 1.807) is 0 Å². The zero-order valence-corrected chi connectivity index (χ0v) is 22.0. The van der Waals surface area contributed by atoms with Crippen molar-refractivity contribution in [3.63, 3.8) is 0 Å². The third-order valence-corrected chi connectivity index (χ3v) is 8.48. The first kappa shape index (κ1) is 24.1. The molecule has 6 nitrogen and oxygen atoms in total. The van der Waals surface area contributed by atoms with Crippen LogP contribution < -0.4 is 10.2 Å². The quantitative estimate of drug-likeness (QED) is 0.497. The van der Waals surface area contributed by atoms with E-state index in [0.717, 1.165) is 66.3 Å². The molecule has 1 saturated heterocycles. The van der Waals surface area contributed by atoms with Gasteiger partial charge in [0, 0.05) is 47.4 Å². The monoisotopic (exact) mass is 493 g/mol. The fourth-order valence-electron chi connectivity index (χ4n) is 5.86. The van der Waals surface area contributed by atoms with Crippen molar-refractivity contribution >= 4 is 29.0 Å². The van der Waals surface area contributed by atoms with Gasteiger partial charge in [-0.05, 0) is 62.6 Å². The summed E-state index contributed by atoms with van der Waals surface area (Å²) in [5.41, 5.74) is 4.86. The normalized spacial score (nSPS) is 23.6. The number of anilines is 1. The molecule has 1 aromatic carbocycles. The maximum Gasteiger partial charge on any atom is 0.223 e. The number of aryl methyl sites for hydroxylation is 2. The van der Waals surface area contributed by atoms with E-state index in [1.807, 2.05) is 42.6 Å². The Morgan fingerprint density at radius 2 is 1.77 bits per heavy atom. The number of amides is 1. The van der Waals surface area contributed by atoms with Gasteiger partial charge >= 0.3 is 0 Å². The number of hydrogen-bond acceptors (Lipinski definition) is 4. The number of nitrogens with one attached hydrogen (secondary N) is 1. The first-order valence-corrected chi connectivity index (χ1v) is 13.4. The van der Waals surface area contributed by atoms with Crippen LogP contribution >= 0.6 is 11.6 Å². The van der Waals surface area contributed by atoms with Crippen molar-refractivity contribution in [3.8, 4) is 11.1 Å². The van der Waals surface area contributed by atoms with Crippen LogP contribution in [0.25, 0.3) is 16.8 Å². The first-order valence-electron chi connectivity index (χ1n) is 13.0. The zero-order valence-electron chi connectivity index (χ0n) is 21.2. The van der Waals surface area contributed by atoms with Crippen molar-refractivity contribution in [1.29, 1.82) is 0 Å². The number of benzene rings is 1. The average Bonchev–Trinajstić information content (AvgIpc) is 3.17. The summed E-state index contributed by atoms with van der Waals surface area (Å²) in [6, 6.07) is 10.3. The molecule has 2 aromatic heterocycles. The number of nitrogens with zero attached hydrogens (tertiary/aromatic N) is 4. The lowest BCUT2D eigenvalue weighted by Gasteiger charge is -2.37. The highest BCUT2D eigenvalue weighted by atomic mass is 35.5. The van der Waals surface area contributed by atoms with Gasteiger partial charge in [-0.3, -0.25) is 4.79 Å². The molecule has 1 saturated carbocycles. The van der Waals surface area contributed by atoms with E-state index in [2.05, 4.69) is 30.1 Å². The van der Waals surface area contributed by atoms with Crippen molar-refractivity contribution in [1.82, 2.24) is 19.9 Å². The van der Waals surface area contributed by atoms with Gasteiger partial charge in [-0.2, -0.15) is 9.61 Å². The number of aromatic nitrogens is 3. The molecule has 1 N–H and O–H groups in total. The van der Waals surface area contributed by atoms with E-state index in [1.165, 1.54) is 12.8 Å². The summed E-state index contributed by atoms with van der Waals surface area (Å²) in [6.07, 6.45) is 5.32. The Morgan fingerprint density at radius 3 is 2.49 bits per heavy atom. The molecule has 2 fully saturated rings. The second kappa shape index (κ2) is 9.81. The molecule has 3 heterocycles. The van der Waals surface area contributed by atoms with Gasteiger partial charge in [0.1, 0.15) is 5.82 Å². The smallest absolute Gasteiger partial charge is 0.223 e. The minimum Gasteiger partial charge on any atom is -0.356 e. The number of hydrogen-bond donors (Lipinski definition) is 1. The second-order valence-electron chi connectivity index (χ2n) is 10.6. The zero-order chi connectivity index (χ0) is 24.7. The lowest BCUT2D eigenvalue weighted by Crippen LogP contribution is -2.48. The van der Waals surface area contributed by atoms with E-state index < -0.39 is 0 Å². The fourth-order valence-corrected chi connectivity index (χ4v) is 5.99. The fraction of sp³-hybridized carbons (Fsp3) is 0.536. The lowest BCUT2D eigenvalue weighted by molar-refractivity contribution is -0.127. The van der Waals surface area contributed by atoms with Crippen LogP contribution in [0.3, 0.4) is 0 Å². The SMILES string of the molecule is Cc1cc(N2CCC(C(=O)N[C@@H]3CCC[C@@H](C)[C@H]3C)CC2)n2nc(C)c(-c3ccc(Cl)cc3)c2n1. The van der Waals surface area contributed by atoms with Crippen LogP contribution in [0.2, 0.25) is 5.02 Å².